The minimum Gasteiger partial charge on any atom is -0.379 e. The Hall–Kier alpha value is -2.97. The number of halogens is 3. The second-order valence-electron chi connectivity index (χ2n) is 9.36. The molecule has 3 aromatic rings. The Kier molecular flexibility index (Phi) is 8.18. The van der Waals surface area contributed by atoms with Crippen molar-refractivity contribution >= 4 is 27.6 Å². The molecule has 0 aromatic heterocycles. The van der Waals surface area contributed by atoms with E-state index in [4.69, 9.17) is 15.8 Å². The van der Waals surface area contributed by atoms with Crippen LogP contribution < -0.4 is 4.18 Å². The summed E-state index contributed by atoms with van der Waals surface area (Å²) >= 11 is 6.18. The van der Waals surface area contributed by atoms with Crippen molar-refractivity contribution in [1.82, 2.24) is 4.90 Å². The number of hydrogen-bond acceptors (Lipinski definition) is 4. The summed E-state index contributed by atoms with van der Waals surface area (Å²) in [6, 6.07) is 14.5. The quantitative estimate of drug-likeness (QED) is 0.324. The molecule has 0 aliphatic carbocycles. The van der Waals surface area contributed by atoms with Crippen molar-refractivity contribution in [3.63, 3.8) is 0 Å². The Bertz CT molecular complexity index is 1290. The van der Waals surface area contributed by atoms with E-state index in [1.165, 1.54) is 30.3 Å². The molecular formula is C26H26ClF2NO4S. The van der Waals surface area contributed by atoms with Crippen LogP contribution in [0, 0.1) is 17.0 Å². The first-order valence-electron chi connectivity index (χ1n) is 10.8. The standard InChI is InChI=1S/C26H26ClF2NO4S/c1-26(2,3)15-25(31)30(16-18-4-7-21(28)8-5-18)17-19-14-20(27)6-13-24(19)34-35(32,33)23-11-9-22(29)10-12-23/h4-14H,15-17H2,1-3H3. The van der Waals surface area contributed by atoms with Gasteiger partial charge >= 0.3 is 10.1 Å². The molecule has 0 aliphatic rings. The first-order chi connectivity index (χ1) is 16.3. The summed E-state index contributed by atoms with van der Waals surface area (Å²) in [6.45, 7) is 5.98. The van der Waals surface area contributed by atoms with E-state index in [9.17, 15) is 22.0 Å². The molecule has 0 saturated heterocycles. The van der Waals surface area contributed by atoms with Gasteiger partial charge in [0.25, 0.3) is 0 Å². The molecule has 0 bridgehead atoms. The summed E-state index contributed by atoms with van der Waals surface area (Å²) in [5.74, 6) is -1.15. The summed E-state index contributed by atoms with van der Waals surface area (Å²) in [5.41, 5.74) is 0.780. The van der Waals surface area contributed by atoms with E-state index in [0.29, 0.717) is 16.1 Å². The Morgan fingerprint density at radius 1 is 0.914 bits per heavy atom. The normalized spacial score (nSPS) is 11.8. The Morgan fingerprint density at radius 2 is 1.49 bits per heavy atom. The van der Waals surface area contributed by atoms with Gasteiger partial charge in [-0.2, -0.15) is 8.42 Å². The topological polar surface area (TPSA) is 63.7 Å². The molecule has 1 amide bonds. The predicted octanol–water partition coefficient (Wildman–Crippen LogP) is 6.35. The average Bonchev–Trinajstić information content (AvgIpc) is 2.75. The molecule has 0 atom stereocenters. The van der Waals surface area contributed by atoms with E-state index in [2.05, 4.69) is 0 Å². The van der Waals surface area contributed by atoms with Crippen LogP contribution in [0.1, 0.15) is 38.3 Å². The summed E-state index contributed by atoms with van der Waals surface area (Å²) in [4.78, 5) is 14.5. The first kappa shape index (κ1) is 26.6. The second kappa shape index (κ2) is 10.7. The van der Waals surface area contributed by atoms with Gasteiger partial charge in [0.2, 0.25) is 5.91 Å². The third-order valence-electron chi connectivity index (χ3n) is 5.01. The smallest absolute Gasteiger partial charge is 0.339 e. The molecule has 9 heteroatoms. The molecule has 0 spiro atoms. The van der Waals surface area contributed by atoms with Crippen LogP contribution in [0.25, 0.3) is 0 Å². The van der Waals surface area contributed by atoms with Crippen LogP contribution in [0.15, 0.2) is 71.6 Å². The lowest BCUT2D eigenvalue weighted by molar-refractivity contribution is -0.134. The molecule has 0 N–H and O–H groups in total. The summed E-state index contributed by atoms with van der Waals surface area (Å²) < 4.78 is 57.6. The highest BCUT2D eigenvalue weighted by atomic mass is 35.5. The SMILES string of the molecule is CC(C)(C)CC(=O)N(Cc1ccc(F)cc1)Cc1cc(Cl)ccc1OS(=O)(=O)c1ccc(F)cc1. The van der Waals surface area contributed by atoms with Gasteiger partial charge in [-0.25, -0.2) is 8.78 Å². The fourth-order valence-corrected chi connectivity index (χ4v) is 4.49. The zero-order valence-electron chi connectivity index (χ0n) is 19.6. The van der Waals surface area contributed by atoms with Crippen LogP contribution in [-0.4, -0.2) is 19.2 Å². The van der Waals surface area contributed by atoms with Crippen LogP contribution in [0.4, 0.5) is 8.78 Å². The maximum absolute atomic E-state index is 13.4. The number of nitrogens with zero attached hydrogens (tertiary/aromatic N) is 1. The lowest BCUT2D eigenvalue weighted by Gasteiger charge is -2.27. The van der Waals surface area contributed by atoms with Gasteiger partial charge in [-0.3, -0.25) is 4.79 Å². The lowest BCUT2D eigenvalue weighted by atomic mass is 9.91. The molecule has 0 unspecified atom stereocenters. The number of benzene rings is 3. The van der Waals surface area contributed by atoms with Gasteiger partial charge in [0.15, 0.2) is 0 Å². The van der Waals surface area contributed by atoms with E-state index >= 15 is 0 Å². The number of rotatable bonds is 8. The van der Waals surface area contributed by atoms with Crippen LogP contribution in [0.2, 0.25) is 5.02 Å². The molecule has 3 aromatic carbocycles. The first-order valence-corrected chi connectivity index (χ1v) is 12.6. The third kappa shape index (κ3) is 7.77. The van der Waals surface area contributed by atoms with Gasteiger partial charge in [0.05, 0.1) is 0 Å². The van der Waals surface area contributed by atoms with Crippen molar-refractivity contribution in [2.75, 3.05) is 0 Å². The molecular weight excluding hydrogens is 496 g/mol. The maximum atomic E-state index is 13.4. The van der Waals surface area contributed by atoms with E-state index < -0.39 is 21.8 Å². The lowest BCUT2D eigenvalue weighted by Crippen LogP contribution is -2.33. The predicted molar refractivity (Wildman–Crippen MR) is 130 cm³/mol. The van der Waals surface area contributed by atoms with E-state index in [-0.39, 0.29) is 41.5 Å². The molecule has 35 heavy (non-hydrogen) atoms. The zero-order chi connectivity index (χ0) is 25.8. The minimum absolute atomic E-state index is 0.00111. The Labute approximate surface area is 209 Å². The molecule has 0 aliphatic heterocycles. The summed E-state index contributed by atoms with van der Waals surface area (Å²) in [5, 5.41) is 0.330. The minimum atomic E-state index is -4.27. The monoisotopic (exact) mass is 521 g/mol. The second-order valence-corrected chi connectivity index (χ2v) is 11.3. The number of hydrogen-bond donors (Lipinski definition) is 0. The van der Waals surface area contributed by atoms with Crippen molar-refractivity contribution in [3.05, 3.63) is 94.5 Å². The van der Waals surface area contributed by atoms with Crippen LogP contribution >= 0.6 is 11.6 Å². The number of carbonyl (C=O) groups is 1. The highest BCUT2D eigenvalue weighted by Gasteiger charge is 2.24. The molecule has 0 saturated carbocycles. The Balaban J connectivity index is 1.94. The molecule has 0 fully saturated rings. The van der Waals surface area contributed by atoms with Crippen molar-refractivity contribution in [2.45, 2.75) is 45.2 Å². The van der Waals surface area contributed by atoms with Crippen LogP contribution in [0.5, 0.6) is 5.75 Å². The molecule has 0 radical (unpaired) electrons. The van der Waals surface area contributed by atoms with E-state index in [1.54, 1.807) is 17.0 Å². The van der Waals surface area contributed by atoms with Crippen LogP contribution in [0.3, 0.4) is 0 Å². The van der Waals surface area contributed by atoms with Gasteiger partial charge in [0.1, 0.15) is 22.3 Å². The highest BCUT2D eigenvalue weighted by Crippen LogP contribution is 2.29. The third-order valence-corrected chi connectivity index (χ3v) is 6.49. The largest absolute Gasteiger partial charge is 0.379 e. The number of amides is 1. The average molecular weight is 522 g/mol. The van der Waals surface area contributed by atoms with Gasteiger partial charge in [-0.1, -0.05) is 44.5 Å². The van der Waals surface area contributed by atoms with Crippen molar-refractivity contribution in [3.8, 4) is 5.75 Å². The van der Waals surface area contributed by atoms with Gasteiger partial charge in [-0.05, 0) is 65.6 Å². The maximum Gasteiger partial charge on any atom is 0.339 e. The van der Waals surface area contributed by atoms with Crippen LogP contribution in [-0.2, 0) is 28.0 Å². The summed E-state index contributed by atoms with van der Waals surface area (Å²) in [7, 11) is -4.27. The fraction of sp³-hybridized carbons (Fsp3) is 0.269. The van der Waals surface area contributed by atoms with Gasteiger partial charge in [-0.15, -0.1) is 0 Å². The zero-order valence-corrected chi connectivity index (χ0v) is 21.2. The molecule has 3 rings (SSSR count). The van der Waals surface area contributed by atoms with Crippen molar-refractivity contribution < 1.29 is 26.2 Å². The van der Waals surface area contributed by atoms with E-state index in [1.807, 2.05) is 20.8 Å². The Morgan fingerprint density at radius 3 is 2.06 bits per heavy atom. The van der Waals surface area contributed by atoms with Crippen molar-refractivity contribution in [2.24, 2.45) is 5.41 Å². The van der Waals surface area contributed by atoms with E-state index in [0.717, 1.165) is 24.3 Å². The molecule has 186 valence electrons. The van der Waals surface area contributed by atoms with Crippen molar-refractivity contribution in [1.29, 1.82) is 0 Å². The van der Waals surface area contributed by atoms with Gasteiger partial charge in [0, 0.05) is 30.1 Å². The highest BCUT2D eigenvalue weighted by molar-refractivity contribution is 7.87. The number of carbonyl (C=O) groups excluding carboxylic acids is 1. The molecule has 5 nitrogen and oxygen atoms in total. The summed E-state index contributed by atoms with van der Waals surface area (Å²) in [6.07, 6.45) is 0.235. The molecule has 0 heterocycles. The van der Waals surface area contributed by atoms with Gasteiger partial charge < -0.3 is 9.08 Å². The fourth-order valence-electron chi connectivity index (χ4n) is 3.33.